The first-order valence-electron chi connectivity index (χ1n) is 6.21. The SMILES string of the molecule is O=C(N[C@@H]1[C@H](O)[C@@H]([C@@H](O)CO)O[C@H]1O)c1ccccc1. The fourth-order valence-electron chi connectivity index (χ4n) is 2.10. The van der Waals surface area contributed by atoms with Crippen LogP contribution in [-0.2, 0) is 4.74 Å². The second-order valence-electron chi connectivity index (χ2n) is 4.60. The molecule has 5 atom stereocenters. The summed E-state index contributed by atoms with van der Waals surface area (Å²) in [6.45, 7) is -0.617. The number of hydrogen-bond donors (Lipinski definition) is 5. The van der Waals surface area contributed by atoms with Gasteiger partial charge in [-0.3, -0.25) is 4.79 Å². The van der Waals surface area contributed by atoms with E-state index in [1.54, 1.807) is 30.3 Å². The molecular formula is C13H17NO6. The first kappa shape index (κ1) is 14.9. The highest BCUT2D eigenvalue weighted by Gasteiger charge is 2.46. The maximum atomic E-state index is 11.9. The Morgan fingerprint density at radius 1 is 1.30 bits per heavy atom. The Balaban J connectivity index is 2.04. The van der Waals surface area contributed by atoms with Crippen molar-refractivity contribution < 1.29 is 30.0 Å². The van der Waals surface area contributed by atoms with Crippen molar-refractivity contribution in [2.45, 2.75) is 30.6 Å². The van der Waals surface area contributed by atoms with Crippen molar-refractivity contribution in [1.29, 1.82) is 0 Å². The van der Waals surface area contributed by atoms with Gasteiger partial charge in [-0.2, -0.15) is 0 Å². The molecule has 0 aromatic heterocycles. The minimum atomic E-state index is -1.45. The zero-order valence-corrected chi connectivity index (χ0v) is 10.6. The second kappa shape index (κ2) is 6.29. The Hall–Kier alpha value is -1.51. The number of carbonyl (C=O) groups excluding carboxylic acids is 1. The van der Waals surface area contributed by atoms with Crippen molar-refractivity contribution >= 4 is 5.91 Å². The number of ether oxygens (including phenoxy) is 1. The largest absolute Gasteiger partial charge is 0.394 e. The lowest BCUT2D eigenvalue weighted by atomic mass is 10.0. The molecule has 1 aromatic rings. The molecule has 0 unspecified atom stereocenters. The van der Waals surface area contributed by atoms with Gasteiger partial charge in [-0.05, 0) is 12.1 Å². The summed E-state index contributed by atoms with van der Waals surface area (Å²) in [5, 5.41) is 40.4. The van der Waals surface area contributed by atoms with Crippen molar-refractivity contribution in [3.63, 3.8) is 0 Å². The summed E-state index contributed by atoms with van der Waals surface area (Å²) < 4.78 is 4.96. The van der Waals surface area contributed by atoms with E-state index in [9.17, 15) is 20.1 Å². The summed E-state index contributed by atoms with van der Waals surface area (Å²) in [6.07, 6.45) is -5.27. The Morgan fingerprint density at radius 3 is 2.55 bits per heavy atom. The van der Waals surface area contributed by atoms with Crippen molar-refractivity contribution in [2.24, 2.45) is 0 Å². The smallest absolute Gasteiger partial charge is 0.251 e. The molecule has 1 aliphatic rings. The van der Waals surface area contributed by atoms with Gasteiger partial charge >= 0.3 is 0 Å². The fourth-order valence-corrected chi connectivity index (χ4v) is 2.10. The normalized spacial score (nSPS) is 31.0. The van der Waals surface area contributed by atoms with Crippen molar-refractivity contribution in [3.8, 4) is 0 Å². The predicted molar refractivity (Wildman–Crippen MR) is 67.7 cm³/mol. The third-order valence-electron chi connectivity index (χ3n) is 3.21. The summed E-state index contributed by atoms with van der Waals surface area (Å²) in [5.41, 5.74) is 0.373. The van der Waals surface area contributed by atoms with E-state index in [-0.39, 0.29) is 0 Å². The average Bonchev–Trinajstić information content (AvgIpc) is 2.75. The minimum Gasteiger partial charge on any atom is -0.394 e. The molecule has 1 aliphatic heterocycles. The standard InChI is InChI=1S/C13H17NO6/c15-6-8(16)11-10(17)9(13(19)20-11)14-12(18)7-4-2-1-3-5-7/h1-5,8-11,13,15-17,19H,6H2,(H,14,18)/t8-,9+,10-,11+,13+/m0/s1. The van der Waals surface area contributed by atoms with Crippen LogP contribution in [0.1, 0.15) is 10.4 Å². The molecule has 7 heteroatoms. The maximum absolute atomic E-state index is 11.9. The van der Waals surface area contributed by atoms with Gasteiger partial charge in [0.05, 0.1) is 6.61 Å². The van der Waals surface area contributed by atoms with E-state index in [0.29, 0.717) is 5.56 Å². The highest BCUT2D eigenvalue weighted by atomic mass is 16.6. The number of nitrogens with one attached hydrogen (secondary N) is 1. The van der Waals surface area contributed by atoms with Gasteiger partial charge in [0.2, 0.25) is 0 Å². The van der Waals surface area contributed by atoms with Crippen LogP contribution in [0.3, 0.4) is 0 Å². The second-order valence-corrected chi connectivity index (χ2v) is 4.60. The number of rotatable bonds is 4. The van der Waals surface area contributed by atoms with Gasteiger partial charge in [0.1, 0.15) is 24.4 Å². The summed E-state index contributed by atoms with van der Waals surface area (Å²) in [6, 6.07) is 7.23. The van der Waals surface area contributed by atoms with E-state index in [1.165, 1.54) is 0 Å². The van der Waals surface area contributed by atoms with E-state index < -0.39 is 43.2 Å². The Labute approximate surface area is 115 Å². The molecular weight excluding hydrogens is 266 g/mol. The van der Waals surface area contributed by atoms with E-state index in [2.05, 4.69) is 5.32 Å². The van der Waals surface area contributed by atoms with Crippen LogP contribution in [0.25, 0.3) is 0 Å². The van der Waals surface area contributed by atoms with Crippen LogP contribution in [0, 0.1) is 0 Å². The number of aliphatic hydroxyl groups is 4. The van der Waals surface area contributed by atoms with Crippen molar-refractivity contribution in [2.75, 3.05) is 6.61 Å². The third kappa shape index (κ3) is 2.97. The van der Waals surface area contributed by atoms with E-state index in [0.717, 1.165) is 0 Å². The Bertz CT molecular complexity index is 453. The highest BCUT2D eigenvalue weighted by Crippen LogP contribution is 2.22. The van der Waals surface area contributed by atoms with Gasteiger partial charge in [-0.15, -0.1) is 0 Å². The Kier molecular flexibility index (Phi) is 4.69. The van der Waals surface area contributed by atoms with Crippen molar-refractivity contribution in [1.82, 2.24) is 5.32 Å². The van der Waals surface area contributed by atoms with E-state index >= 15 is 0 Å². The summed E-state index contributed by atoms with van der Waals surface area (Å²) in [4.78, 5) is 11.9. The van der Waals surface area contributed by atoms with Crippen LogP contribution >= 0.6 is 0 Å². The quantitative estimate of drug-likeness (QED) is 0.445. The van der Waals surface area contributed by atoms with Crippen LogP contribution in [0.2, 0.25) is 0 Å². The molecule has 1 saturated heterocycles. The highest BCUT2D eigenvalue weighted by molar-refractivity contribution is 5.94. The summed E-state index contributed by atoms with van der Waals surface area (Å²) in [5.74, 6) is -0.476. The maximum Gasteiger partial charge on any atom is 0.251 e. The topological polar surface area (TPSA) is 119 Å². The molecule has 0 aliphatic carbocycles. The number of hydrogen-bond acceptors (Lipinski definition) is 6. The molecule has 0 bridgehead atoms. The Morgan fingerprint density at radius 2 is 1.95 bits per heavy atom. The number of carbonyl (C=O) groups is 1. The third-order valence-corrected chi connectivity index (χ3v) is 3.21. The number of benzene rings is 1. The zero-order chi connectivity index (χ0) is 14.7. The lowest BCUT2D eigenvalue weighted by molar-refractivity contribution is -0.139. The first-order valence-corrected chi connectivity index (χ1v) is 6.21. The van der Waals surface area contributed by atoms with Crippen LogP contribution in [0.5, 0.6) is 0 Å². The predicted octanol–water partition coefficient (Wildman–Crippen LogP) is -1.78. The fraction of sp³-hybridized carbons (Fsp3) is 0.462. The molecule has 7 nitrogen and oxygen atoms in total. The van der Waals surface area contributed by atoms with Crippen LogP contribution in [0.15, 0.2) is 30.3 Å². The summed E-state index contributed by atoms with van der Waals surface area (Å²) >= 11 is 0. The van der Waals surface area contributed by atoms with Gasteiger partial charge in [-0.25, -0.2) is 0 Å². The molecule has 1 fully saturated rings. The molecule has 0 radical (unpaired) electrons. The average molecular weight is 283 g/mol. The first-order chi connectivity index (χ1) is 9.54. The lowest BCUT2D eigenvalue weighted by Gasteiger charge is -2.21. The molecule has 20 heavy (non-hydrogen) atoms. The minimum absolute atomic E-state index is 0.373. The number of amides is 1. The van der Waals surface area contributed by atoms with Gasteiger partial charge in [0.15, 0.2) is 6.29 Å². The molecule has 2 rings (SSSR count). The molecule has 1 amide bonds. The van der Waals surface area contributed by atoms with Gasteiger partial charge in [0.25, 0.3) is 5.91 Å². The summed E-state index contributed by atoms with van der Waals surface area (Å²) in [7, 11) is 0. The van der Waals surface area contributed by atoms with E-state index in [4.69, 9.17) is 9.84 Å². The molecule has 1 aromatic carbocycles. The van der Waals surface area contributed by atoms with Gasteiger partial charge < -0.3 is 30.5 Å². The molecule has 110 valence electrons. The van der Waals surface area contributed by atoms with E-state index in [1.807, 2.05) is 0 Å². The molecule has 0 saturated carbocycles. The van der Waals surface area contributed by atoms with Gasteiger partial charge in [-0.1, -0.05) is 18.2 Å². The lowest BCUT2D eigenvalue weighted by Crippen LogP contribution is -2.49. The van der Waals surface area contributed by atoms with Crippen molar-refractivity contribution in [3.05, 3.63) is 35.9 Å². The molecule has 0 spiro atoms. The monoisotopic (exact) mass is 283 g/mol. The molecule has 1 heterocycles. The van der Waals surface area contributed by atoms with Crippen LogP contribution < -0.4 is 5.32 Å². The van der Waals surface area contributed by atoms with Crippen LogP contribution in [0.4, 0.5) is 0 Å². The van der Waals surface area contributed by atoms with Crippen LogP contribution in [-0.4, -0.2) is 63.6 Å². The number of aliphatic hydroxyl groups excluding tert-OH is 4. The molecule has 5 N–H and O–H groups in total. The van der Waals surface area contributed by atoms with Gasteiger partial charge in [0, 0.05) is 5.56 Å². The zero-order valence-electron chi connectivity index (χ0n) is 10.6.